The number of amides is 2. The summed E-state index contributed by atoms with van der Waals surface area (Å²) in [6.07, 6.45) is 3.99. The normalized spacial score (nSPS) is 11.9. The summed E-state index contributed by atoms with van der Waals surface area (Å²) in [5.74, 6) is 0. The molecule has 2 amide bonds. The third kappa shape index (κ3) is 4.57. The lowest BCUT2D eigenvalue weighted by Crippen LogP contribution is -2.39. The monoisotopic (exact) mass is 377 g/mol. The van der Waals surface area contributed by atoms with Crippen molar-refractivity contribution >= 4 is 6.03 Å². The lowest BCUT2D eigenvalue weighted by atomic mass is 10.0. The Kier molecular flexibility index (Phi) is 6.09. The zero-order chi connectivity index (χ0) is 20.1. The highest BCUT2D eigenvalue weighted by Crippen LogP contribution is 2.20. The first kappa shape index (κ1) is 19.6. The van der Waals surface area contributed by atoms with Gasteiger partial charge in [0.05, 0.1) is 11.7 Å². The van der Waals surface area contributed by atoms with Gasteiger partial charge in [0.2, 0.25) is 0 Å². The molecule has 146 valence electrons. The average Bonchev–Trinajstić information content (AvgIpc) is 3.23. The maximum absolute atomic E-state index is 12.5. The Labute approximate surface area is 166 Å². The van der Waals surface area contributed by atoms with Crippen molar-refractivity contribution in [2.45, 2.75) is 33.2 Å². The molecule has 0 aliphatic carbocycles. The molecule has 3 aromatic rings. The highest BCUT2D eigenvalue weighted by molar-refractivity contribution is 5.74. The molecule has 0 fully saturated rings. The Hall–Kier alpha value is -3.15. The molecule has 0 bridgehead atoms. The van der Waals surface area contributed by atoms with Crippen LogP contribution in [0.4, 0.5) is 4.79 Å². The van der Waals surface area contributed by atoms with Crippen molar-refractivity contribution in [3.05, 3.63) is 77.4 Å². The molecule has 1 unspecified atom stereocenters. The van der Waals surface area contributed by atoms with Gasteiger partial charge in [0.15, 0.2) is 0 Å². The van der Waals surface area contributed by atoms with Crippen LogP contribution >= 0.6 is 0 Å². The van der Waals surface area contributed by atoms with Crippen molar-refractivity contribution in [2.24, 2.45) is 0 Å². The van der Waals surface area contributed by atoms with E-state index in [1.807, 2.05) is 38.2 Å². The fourth-order valence-corrected chi connectivity index (χ4v) is 3.20. The van der Waals surface area contributed by atoms with E-state index in [-0.39, 0.29) is 12.1 Å². The Morgan fingerprint density at radius 3 is 2.57 bits per heavy atom. The molecule has 0 saturated carbocycles. The molecule has 1 heterocycles. The minimum absolute atomic E-state index is 0.0362. The first-order valence-electron chi connectivity index (χ1n) is 9.47. The minimum atomic E-state index is -0.0717. The number of nitrogens with zero attached hydrogens (tertiary/aromatic N) is 4. The number of aryl methyl sites for hydroxylation is 2. The lowest BCUT2D eigenvalue weighted by Gasteiger charge is -2.26. The van der Waals surface area contributed by atoms with Gasteiger partial charge >= 0.3 is 6.03 Å². The second-order valence-corrected chi connectivity index (χ2v) is 7.13. The van der Waals surface area contributed by atoms with Crippen LogP contribution in [-0.4, -0.2) is 39.3 Å². The molecule has 0 spiro atoms. The number of rotatable bonds is 6. The summed E-state index contributed by atoms with van der Waals surface area (Å²) in [5, 5.41) is 7.15. The second-order valence-electron chi connectivity index (χ2n) is 7.13. The zero-order valence-corrected chi connectivity index (χ0v) is 16.9. The SMILES string of the molecule is Cc1ccc(CCNC(=O)N(C)C(C)c2ccc(-n3cncn3)cc2)c(C)c1. The third-order valence-corrected chi connectivity index (χ3v) is 5.13. The molecular weight excluding hydrogens is 350 g/mol. The molecule has 1 aromatic heterocycles. The number of hydrogen-bond acceptors (Lipinski definition) is 3. The summed E-state index contributed by atoms with van der Waals surface area (Å²) in [7, 11) is 1.82. The molecule has 6 nitrogen and oxygen atoms in total. The van der Waals surface area contributed by atoms with Crippen LogP contribution in [0.3, 0.4) is 0 Å². The maximum Gasteiger partial charge on any atom is 0.317 e. The van der Waals surface area contributed by atoms with E-state index in [0.717, 1.165) is 17.7 Å². The van der Waals surface area contributed by atoms with E-state index in [1.54, 1.807) is 15.9 Å². The number of urea groups is 1. The number of carbonyl (C=O) groups excluding carboxylic acids is 1. The van der Waals surface area contributed by atoms with Crippen molar-refractivity contribution in [3.8, 4) is 5.69 Å². The molecule has 3 rings (SSSR count). The summed E-state index contributed by atoms with van der Waals surface area (Å²) in [4.78, 5) is 18.2. The average molecular weight is 377 g/mol. The Morgan fingerprint density at radius 1 is 1.18 bits per heavy atom. The van der Waals surface area contributed by atoms with Crippen LogP contribution in [0.25, 0.3) is 5.69 Å². The topological polar surface area (TPSA) is 63.1 Å². The summed E-state index contributed by atoms with van der Waals surface area (Å²) in [6, 6.07) is 14.3. The van der Waals surface area contributed by atoms with Gasteiger partial charge in [-0.25, -0.2) is 14.5 Å². The van der Waals surface area contributed by atoms with Crippen LogP contribution in [0.2, 0.25) is 0 Å². The predicted octanol–water partition coefficient (Wildman–Crippen LogP) is 3.83. The van der Waals surface area contributed by atoms with Gasteiger partial charge in [-0.3, -0.25) is 0 Å². The van der Waals surface area contributed by atoms with Crippen LogP contribution in [-0.2, 0) is 6.42 Å². The summed E-state index contributed by atoms with van der Waals surface area (Å²) >= 11 is 0. The molecule has 6 heteroatoms. The number of nitrogens with one attached hydrogen (secondary N) is 1. The number of benzene rings is 2. The van der Waals surface area contributed by atoms with E-state index in [2.05, 4.69) is 47.4 Å². The van der Waals surface area contributed by atoms with Crippen molar-refractivity contribution in [3.63, 3.8) is 0 Å². The molecule has 1 atom stereocenters. The van der Waals surface area contributed by atoms with Gasteiger partial charge in [0, 0.05) is 13.6 Å². The number of aromatic nitrogens is 3. The first-order chi connectivity index (χ1) is 13.5. The Balaban J connectivity index is 1.55. The fraction of sp³-hybridized carbons (Fsp3) is 0.318. The van der Waals surface area contributed by atoms with Crippen molar-refractivity contribution in [2.75, 3.05) is 13.6 Å². The van der Waals surface area contributed by atoms with Gasteiger partial charge in [0.1, 0.15) is 12.7 Å². The number of carbonyl (C=O) groups is 1. The summed E-state index contributed by atoms with van der Waals surface area (Å²) < 4.78 is 1.71. The first-order valence-corrected chi connectivity index (χ1v) is 9.47. The van der Waals surface area contributed by atoms with Crippen molar-refractivity contribution in [1.82, 2.24) is 25.0 Å². The molecular formula is C22H27N5O. The van der Waals surface area contributed by atoms with Crippen LogP contribution in [0, 0.1) is 13.8 Å². The van der Waals surface area contributed by atoms with Gasteiger partial charge in [-0.15, -0.1) is 0 Å². The molecule has 1 N–H and O–H groups in total. The van der Waals surface area contributed by atoms with Gasteiger partial charge in [-0.2, -0.15) is 5.10 Å². The van der Waals surface area contributed by atoms with Crippen LogP contribution in [0.5, 0.6) is 0 Å². The maximum atomic E-state index is 12.5. The molecule has 0 aliphatic rings. The summed E-state index contributed by atoms with van der Waals surface area (Å²) in [5.41, 5.74) is 5.80. The predicted molar refractivity (Wildman–Crippen MR) is 111 cm³/mol. The van der Waals surface area contributed by atoms with E-state index in [9.17, 15) is 4.79 Å². The molecule has 0 radical (unpaired) electrons. The quantitative estimate of drug-likeness (QED) is 0.710. The summed E-state index contributed by atoms with van der Waals surface area (Å²) in [6.45, 7) is 6.84. The van der Waals surface area contributed by atoms with Gasteiger partial charge in [0.25, 0.3) is 0 Å². The largest absolute Gasteiger partial charge is 0.338 e. The van der Waals surface area contributed by atoms with Gasteiger partial charge in [-0.1, -0.05) is 35.9 Å². The van der Waals surface area contributed by atoms with Crippen molar-refractivity contribution < 1.29 is 4.79 Å². The standard InChI is InChI=1S/C22H27N5O/c1-16-5-6-19(17(2)13-16)11-12-24-22(28)26(4)18(3)20-7-9-21(10-8-20)27-15-23-14-25-27/h5-10,13-15,18H,11-12H2,1-4H3,(H,24,28). The van der Waals surface area contributed by atoms with E-state index in [0.29, 0.717) is 6.54 Å². The Morgan fingerprint density at radius 2 is 1.93 bits per heavy atom. The van der Waals surface area contributed by atoms with E-state index in [1.165, 1.54) is 23.0 Å². The van der Waals surface area contributed by atoms with E-state index in [4.69, 9.17) is 0 Å². The lowest BCUT2D eigenvalue weighted by molar-refractivity contribution is 0.194. The van der Waals surface area contributed by atoms with E-state index < -0.39 is 0 Å². The molecule has 28 heavy (non-hydrogen) atoms. The highest BCUT2D eigenvalue weighted by Gasteiger charge is 2.17. The van der Waals surface area contributed by atoms with Gasteiger partial charge < -0.3 is 10.2 Å². The minimum Gasteiger partial charge on any atom is -0.338 e. The fourth-order valence-electron chi connectivity index (χ4n) is 3.20. The van der Waals surface area contributed by atoms with Crippen molar-refractivity contribution in [1.29, 1.82) is 0 Å². The Bertz CT molecular complexity index is 919. The molecule has 0 aliphatic heterocycles. The number of hydrogen-bond donors (Lipinski definition) is 1. The smallest absolute Gasteiger partial charge is 0.317 e. The van der Waals surface area contributed by atoms with Crippen LogP contribution in [0.1, 0.15) is 35.2 Å². The third-order valence-electron chi connectivity index (χ3n) is 5.13. The zero-order valence-electron chi connectivity index (χ0n) is 16.9. The van der Waals surface area contributed by atoms with Gasteiger partial charge in [-0.05, 0) is 56.0 Å². The molecule has 0 saturated heterocycles. The molecule has 2 aromatic carbocycles. The second kappa shape index (κ2) is 8.69. The highest BCUT2D eigenvalue weighted by atomic mass is 16.2. The van der Waals surface area contributed by atoms with Crippen LogP contribution < -0.4 is 5.32 Å². The van der Waals surface area contributed by atoms with Crippen LogP contribution in [0.15, 0.2) is 55.1 Å². The van der Waals surface area contributed by atoms with E-state index >= 15 is 0 Å².